The van der Waals surface area contributed by atoms with Gasteiger partial charge in [-0.3, -0.25) is 0 Å². The molecule has 0 N–H and O–H groups in total. The molecule has 0 saturated carbocycles. The molecule has 1 atom stereocenters. The van der Waals surface area contributed by atoms with E-state index >= 15 is 0 Å². The summed E-state index contributed by atoms with van der Waals surface area (Å²) in [6, 6.07) is 9.97. The summed E-state index contributed by atoms with van der Waals surface area (Å²) in [4.78, 5) is 3.76. The molecule has 0 bridgehead atoms. The molecule has 0 aliphatic rings. The molecular weight excluding hydrogens is 146 g/mol. The van der Waals surface area contributed by atoms with Crippen LogP contribution >= 0.6 is 0 Å². The van der Waals surface area contributed by atoms with Gasteiger partial charge in [-0.05, 0) is 6.92 Å². The van der Waals surface area contributed by atoms with Crippen molar-refractivity contribution < 1.29 is 0 Å². The highest BCUT2D eigenvalue weighted by atomic mass is 14.7. The zero-order chi connectivity index (χ0) is 8.81. The molecule has 0 aliphatic heterocycles. The maximum absolute atomic E-state index is 5.26. The lowest BCUT2D eigenvalue weighted by Gasteiger charge is -1.94. The van der Waals surface area contributed by atoms with E-state index in [0.29, 0.717) is 0 Å². The normalized spacial score (nSPS) is 12.7. The molecule has 12 heavy (non-hydrogen) atoms. The predicted molar refractivity (Wildman–Crippen MR) is 52.3 cm³/mol. The van der Waals surface area contributed by atoms with E-state index in [-0.39, 0.29) is 6.04 Å². The highest BCUT2D eigenvalue weighted by Crippen LogP contribution is 2.17. The van der Waals surface area contributed by atoms with Crippen LogP contribution in [0.1, 0.15) is 18.5 Å². The zero-order valence-corrected chi connectivity index (χ0v) is 7.14. The van der Waals surface area contributed by atoms with E-state index in [9.17, 15) is 0 Å². The van der Waals surface area contributed by atoms with E-state index in [2.05, 4.69) is 4.85 Å². The Morgan fingerprint density at radius 2 is 2.00 bits per heavy atom. The summed E-state index contributed by atoms with van der Waals surface area (Å²) < 4.78 is 0. The Kier molecular flexibility index (Phi) is 3.10. The molecular formula is C11H12N+. The van der Waals surface area contributed by atoms with Crippen molar-refractivity contribution in [3.63, 3.8) is 0 Å². The third-order valence-corrected chi connectivity index (χ3v) is 1.68. The molecule has 0 amide bonds. The van der Waals surface area contributed by atoms with Gasteiger partial charge in [0.25, 0.3) is 6.57 Å². The number of hydrogen-bond donors (Lipinski definition) is 0. The van der Waals surface area contributed by atoms with Crippen LogP contribution in [0.3, 0.4) is 0 Å². The van der Waals surface area contributed by atoms with Crippen LogP contribution in [0.15, 0.2) is 42.5 Å². The Balaban J connectivity index is 2.90. The van der Waals surface area contributed by atoms with Crippen molar-refractivity contribution in [1.82, 2.24) is 0 Å². The molecule has 0 aromatic heterocycles. The standard InChI is InChI=1S/C11H12N/c1-3-7-11(12-2)10-8-5-4-6-9-10/h2-9,11H,1H3/q+1/b7-3-/t11-/m0/s1. The van der Waals surface area contributed by atoms with Crippen LogP contribution < -0.4 is 0 Å². The molecule has 60 valence electrons. The largest absolute Gasteiger partial charge is 0.315 e. The van der Waals surface area contributed by atoms with Gasteiger partial charge in [0.1, 0.15) is 0 Å². The minimum atomic E-state index is -0.00352. The van der Waals surface area contributed by atoms with E-state index in [0.717, 1.165) is 5.56 Å². The molecule has 0 heterocycles. The first-order chi connectivity index (χ1) is 5.88. The maximum Gasteiger partial charge on any atom is 0.315 e. The Labute approximate surface area is 73.2 Å². The van der Waals surface area contributed by atoms with E-state index in [1.165, 1.54) is 0 Å². The zero-order valence-electron chi connectivity index (χ0n) is 7.14. The van der Waals surface area contributed by atoms with Crippen LogP contribution in [0, 0.1) is 6.57 Å². The maximum atomic E-state index is 5.26. The van der Waals surface area contributed by atoms with Gasteiger partial charge in [-0.15, -0.1) is 0 Å². The second kappa shape index (κ2) is 4.35. The number of nitrogens with zero attached hydrogens (tertiary/aromatic N) is 1. The topological polar surface area (TPSA) is 4.36 Å². The summed E-state index contributed by atoms with van der Waals surface area (Å²) >= 11 is 0. The summed E-state index contributed by atoms with van der Waals surface area (Å²) in [6.45, 7) is 7.22. The Hall–Kier alpha value is -1.55. The first-order valence-corrected chi connectivity index (χ1v) is 3.96. The Morgan fingerprint density at radius 1 is 1.33 bits per heavy atom. The molecule has 1 rings (SSSR count). The molecule has 0 aliphatic carbocycles. The van der Waals surface area contributed by atoms with Crippen LogP contribution in [-0.2, 0) is 0 Å². The third kappa shape index (κ3) is 1.96. The smallest absolute Gasteiger partial charge is 0.0835 e. The number of benzene rings is 1. The van der Waals surface area contributed by atoms with Crippen LogP contribution in [0.5, 0.6) is 0 Å². The van der Waals surface area contributed by atoms with Gasteiger partial charge in [-0.2, -0.15) is 0 Å². The van der Waals surface area contributed by atoms with Crippen LogP contribution in [0.4, 0.5) is 0 Å². The monoisotopic (exact) mass is 158 g/mol. The lowest BCUT2D eigenvalue weighted by molar-refractivity contribution is 1.08. The summed E-state index contributed by atoms with van der Waals surface area (Å²) in [6.07, 6.45) is 3.92. The predicted octanol–water partition coefficient (Wildman–Crippen LogP) is 3.27. The van der Waals surface area contributed by atoms with Gasteiger partial charge in [0.2, 0.25) is 0 Å². The molecule has 0 fully saturated rings. The molecule has 1 aromatic carbocycles. The van der Waals surface area contributed by atoms with Crippen molar-refractivity contribution in [2.24, 2.45) is 0 Å². The van der Waals surface area contributed by atoms with Crippen LogP contribution in [0.2, 0.25) is 0 Å². The summed E-state index contributed by atoms with van der Waals surface area (Å²) in [5.41, 5.74) is 1.12. The second-order valence-electron chi connectivity index (χ2n) is 2.53. The lowest BCUT2D eigenvalue weighted by Crippen LogP contribution is -1.86. The first kappa shape index (κ1) is 8.55. The van der Waals surface area contributed by atoms with Crippen LogP contribution in [-0.4, -0.2) is 0 Å². The number of allylic oxidation sites excluding steroid dienone is 1. The van der Waals surface area contributed by atoms with Gasteiger partial charge in [-0.25, -0.2) is 0 Å². The highest BCUT2D eigenvalue weighted by molar-refractivity contribution is 5.26. The number of rotatable bonds is 2. The molecule has 1 nitrogen and oxygen atoms in total. The van der Waals surface area contributed by atoms with Gasteiger partial charge in [-0.1, -0.05) is 41.3 Å². The van der Waals surface area contributed by atoms with E-state index in [1.807, 2.05) is 49.4 Å². The first-order valence-electron chi connectivity index (χ1n) is 3.96. The molecule has 1 aromatic rings. The van der Waals surface area contributed by atoms with Crippen LogP contribution in [0.25, 0.3) is 4.85 Å². The Bertz CT molecular complexity index is 293. The summed E-state index contributed by atoms with van der Waals surface area (Å²) in [5.74, 6) is 0. The van der Waals surface area contributed by atoms with E-state index in [4.69, 9.17) is 6.57 Å². The van der Waals surface area contributed by atoms with Gasteiger partial charge in [0, 0.05) is 11.6 Å². The molecule has 0 spiro atoms. The van der Waals surface area contributed by atoms with Gasteiger partial charge in [0.15, 0.2) is 0 Å². The molecule has 1 heteroatoms. The summed E-state index contributed by atoms with van der Waals surface area (Å²) in [5, 5.41) is 0. The van der Waals surface area contributed by atoms with Crippen molar-refractivity contribution in [3.8, 4) is 6.57 Å². The molecule has 0 saturated heterocycles. The Morgan fingerprint density at radius 3 is 2.50 bits per heavy atom. The van der Waals surface area contributed by atoms with Gasteiger partial charge < -0.3 is 0 Å². The van der Waals surface area contributed by atoms with Crippen molar-refractivity contribution in [3.05, 3.63) is 52.9 Å². The van der Waals surface area contributed by atoms with E-state index < -0.39 is 0 Å². The van der Waals surface area contributed by atoms with Gasteiger partial charge in [0.05, 0.1) is 0 Å². The average molecular weight is 158 g/mol. The third-order valence-electron chi connectivity index (χ3n) is 1.68. The average Bonchev–Trinajstić information content (AvgIpc) is 2.15. The molecule has 0 radical (unpaired) electrons. The fourth-order valence-corrected chi connectivity index (χ4v) is 1.08. The second-order valence-corrected chi connectivity index (χ2v) is 2.53. The highest BCUT2D eigenvalue weighted by Gasteiger charge is 2.12. The minimum absolute atomic E-state index is 0.00352. The van der Waals surface area contributed by atoms with Crippen molar-refractivity contribution in [1.29, 1.82) is 0 Å². The fraction of sp³-hybridized carbons (Fsp3) is 0.182. The van der Waals surface area contributed by atoms with E-state index in [1.54, 1.807) is 0 Å². The SMILES string of the molecule is C#[N+][C@@H](/C=C\C)c1ccccc1. The lowest BCUT2D eigenvalue weighted by atomic mass is 10.1. The summed E-state index contributed by atoms with van der Waals surface area (Å²) in [7, 11) is 0. The van der Waals surface area contributed by atoms with Gasteiger partial charge >= 0.3 is 6.04 Å². The van der Waals surface area contributed by atoms with Crippen molar-refractivity contribution in [2.75, 3.05) is 0 Å². The molecule has 0 unspecified atom stereocenters. The number of hydrogen-bond acceptors (Lipinski definition) is 0. The van der Waals surface area contributed by atoms with Crippen molar-refractivity contribution in [2.45, 2.75) is 13.0 Å². The fourth-order valence-electron chi connectivity index (χ4n) is 1.08. The quantitative estimate of drug-likeness (QED) is 0.582. The minimum Gasteiger partial charge on any atom is -0.0835 e. The van der Waals surface area contributed by atoms with Crippen molar-refractivity contribution >= 4 is 0 Å².